The minimum absolute atomic E-state index is 0.0572. The van der Waals surface area contributed by atoms with Crippen LogP contribution in [0.1, 0.15) is 27.6 Å². The van der Waals surface area contributed by atoms with Crippen molar-refractivity contribution < 1.29 is 28.3 Å². The largest absolute Gasteiger partial charge is 0.507 e. The summed E-state index contributed by atoms with van der Waals surface area (Å²) in [6, 6.07) is 6.16. The maximum atomic E-state index is 13.1. The highest BCUT2D eigenvalue weighted by Crippen LogP contribution is 2.22. The number of nitrogens with one attached hydrogen (secondary N) is 2. The molecule has 0 fully saturated rings. The Morgan fingerprint density at radius 2 is 1.75 bits per heavy atom. The topological polar surface area (TPSA) is 87.7 Å². The Balaban J connectivity index is 2.14. The molecule has 0 aliphatic carbocycles. The van der Waals surface area contributed by atoms with Gasteiger partial charge in [0, 0.05) is 23.4 Å². The number of carbonyl (C=O) groups excluding carboxylic acids is 2. The summed E-state index contributed by atoms with van der Waals surface area (Å²) in [6.07, 6.45) is 0. The molecule has 0 aliphatic rings. The van der Waals surface area contributed by atoms with Gasteiger partial charge >= 0.3 is 0 Å². The zero-order valence-corrected chi connectivity index (χ0v) is 12.6. The number of carbonyl (C=O) groups is 2. The van der Waals surface area contributed by atoms with Crippen molar-refractivity contribution in [2.24, 2.45) is 0 Å². The lowest BCUT2D eigenvalue weighted by atomic mass is 10.1. The van der Waals surface area contributed by atoms with E-state index in [2.05, 4.69) is 10.8 Å². The number of hydrogen-bond acceptors (Lipinski definition) is 4. The maximum Gasteiger partial charge on any atom is 0.278 e. The second kappa shape index (κ2) is 7.51. The van der Waals surface area contributed by atoms with Crippen LogP contribution in [0.2, 0.25) is 0 Å². The van der Waals surface area contributed by atoms with E-state index in [4.69, 9.17) is 4.84 Å². The molecule has 2 aromatic rings. The third kappa shape index (κ3) is 4.26. The Morgan fingerprint density at radius 1 is 1.08 bits per heavy atom. The second-order valence-corrected chi connectivity index (χ2v) is 4.71. The van der Waals surface area contributed by atoms with Gasteiger partial charge in [-0.3, -0.25) is 14.4 Å². The summed E-state index contributed by atoms with van der Waals surface area (Å²) in [6.45, 7) is 1.93. The van der Waals surface area contributed by atoms with Crippen molar-refractivity contribution in [3.63, 3.8) is 0 Å². The zero-order valence-electron chi connectivity index (χ0n) is 12.6. The van der Waals surface area contributed by atoms with E-state index in [1.54, 1.807) is 6.92 Å². The Bertz CT molecular complexity index is 760. The number of rotatable bonds is 5. The van der Waals surface area contributed by atoms with Gasteiger partial charge in [-0.2, -0.15) is 0 Å². The maximum absolute atomic E-state index is 13.1. The van der Waals surface area contributed by atoms with Crippen LogP contribution < -0.4 is 10.8 Å². The summed E-state index contributed by atoms with van der Waals surface area (Å²) in [4.78, 5) is 28.4. The third-order valence-electron chi connectivity index (χ3n) is 2.93. The van der Waals surface area contributed by atoms with Gasteiger partial charge in [0.25, 0.3) is 11.8 Å². The smallest absolute Gasteiger partial charge is 0.278 e. The van der Waals surface area contributed by atoms with E-state index >= 15 is 0 Å². The van der Waals surface area contributed by atoms with Crippen molar-refractivity contribution in [3.05, 3.63) is 59.2 Å². The van der Waals surface area contributed by atoms with Gasteiger partial charge < -0.3 is 10.4 Å². The molecule has 0 saturated heterocycles. The Kier molecular flexibility index (Phi) is 5.43. The lowest BCUT2D eigenvalue weighted by molar-refractivity contribution is 0.0362. The fourth-order valence-corrected chi connectivity index (χ4v) is 1.88. The van der Waals surface area contributed by atoms with Gasteiger partial charge in [0.1, 0.15) is 17.4 Å². The van der Waals surface area contributed by atoms with E-state index < -0.39 is 29.2 Å². The van der Waals surface area contributed by atoms with E-state index in [9.17, 15) is 23.5 Å². The molecule has 8 heteroatoms. The van der Waals surface area contributed by atoms with Gasteiger partial charge in [-0.1, -0.05) is 0 Å². The lowest BCUT2D eigenvalue weighted by Crippen LogP contribution is -2.23. The molecule has 0 bridgehead atoms. The molecular weight excluding hydrogens is 322 g/mol. The fraction of sp³-hybridized carbons (Fsp3) is 0.125. The highest BCUT2D eigenvalue weighted by Gasteiger charge is 2.14. The molecule has 6 nitrogen and oxygen atoms in total. The van der Waals surface area contributed by atoms with Crippen molar-refractivity contribution in [2.45, 2.75) is 6.92 Å². The monoisotopic (exact) mass is 336 g/mol. The molecule has 0 unspecified atom stereocenters. The minimum Gasteiger partial charge on any atom is -0.507 e. The second-order valence-electron chi connectivity index (χ2n) is 4.71. The van der Waals surface area contributed by atoms with E-state index in [1.807, 2.05) is 0 Å². The number of anilines is 1. The summed E-state index contributed by atoms with van der Waals surface area (Å²) in [5.41, 5.74) is 1.99. The first kappa shape index (κ1) is 17.4. The van der Waals surface area contributed by atoms with Gasteiger partial charge in [0.05, 0.1) is 12.2 Å². The standard InChI is InChI=1S/C16H14F2N2O4/c1-2-24-20-16(23)13-4-3-12(8-14(13)21)19-15(22)9-5-10(17)7-11(18)6-9/h3-8,21H,2H2,1H3,(H,19,22)(H,20,23). The average molecular weight is 336 g/mol. The zero-order chi connectivity index (χ0) is 17.7. The highest BCUT2D eigenvalue weighted by molar-refractivity contribution is 6.05. The molecule has 3 N–H and O–H groups in total. The minimum atomic E-state index is -0.883. The van der Waals surface area contributed by atoms with Crippen LogP contribution in [0, 0.1) is 11.6 Å². The Hall–Kier alpha value is -3.00. The summed E-state index contributed by atoms with van der Waals surface area (Å²) in [7, 11) is 0. The first-order valence-electron chi connectivity index (χ1n) is 6.93. The first-order chi connectivity index (χ1) is 11.4. The molecule has 0 saturated carbocycles. The van der Waals surface area contributed by atoms with Crippen molar-refractivity contribution in [3.8, 4) is 5.75 Å². The molecular formula is C16H14F2N2O4. The van der Waals surface area contributed by atoms with E-state index in [-0.39, 0.29) is 23.4 Å². The average Bonchev–Trinajstić information content (AvgIpc) is 2.51. The highest BCUT2D eigenvalue weighted by atomic mass is 19.1. The number of amides is 2. The summed E-state index contributed by atoms with van der Waals surface area (Å²) < 4.78 is 26.2. The van der Waals surface area contributed by atoms with Crippen LogP contribution in [0.5, 0.6) is 5.75 Å². The number of phenols is 1. The van der Waals surface area contributed by atoms with Crippen LogP contribution >= 0.6 is 0 Å². The van der Waals surface area contributed by atoms with Crippen molar-refractivity contribution in [1.82, 2.24) is 5.48 Å². The van der Waals surface area contributed by atoms with E-state index in [1.165, 1.54) is 12.1 Å². The number of halogens is 2. The molecule has 0 aromatic heterocycles. The molecule has 24 heavy (non-hydrogen) atoms. The van der Waals surface area contributed by atoms with Crippen LogP contribution in [-0.2, 0) is 4.84 Å². The molecule has 0 aliphatic heterocycles. The Labute approximate surface area is 136 Å². The molecule has 0 radical (unpaired) electrons. The van der Waals surface area contributed by atoms with Gasteiger partial charge in [0.15, 0.2) is 0 Å². The van der Waals surface area contributed by atoms with Gasteiger partial charge in [-0.15, -0.1) is 0 Å². The van der Waals surface area contributed by atoms with Crippen LogP contribution in [0.15, 0.2) is 36.4 Å². The van der Waals surface area contributed by atoms with Gasteiger partial charge in [-0.05, 0) is 31.2 Å². The predicted octanol–water partition coefficient (Wildman–Crippen LogP) is 2.60. The molecule has 126 valence electrons. The van der Waals surface area contributed by atoms with Crippen molar-refractivity contribution in [2.75, 3.05) is 11.9 Å². The fourth-order valence-electron chi connectivity index (χ4n) is 1.88. The lowest BCUT2D eigenvalue weighted by Gasteiger charge is -2.09. The van der Waals surface area contributed by atoms with Crippen LogP contribution in [0.25, 0.3) is 0 Å². The predicted molar refractivity (Wildman–Crippen MR) is 81.5 cm³/mol. The summed E-state index contributed by atoms with van der Waals surface area (Å²) in [5.74, 6) is -3.58. The van der Waals surface area contributed by atoms with E-state index in [0.717, 1.165) is 18.2 Å². The van der Waals surface area contributed by atoms with Crippen molar-refractivity contribution >= 4 is 17.5 Å². The number of hydrogen-bond donors (Lipinski definition) is 3. The Morgan fingerprint density at radius 3 is 2.33 bits per heavy atom. The number of benzene rings is 2. The van der Waals surface area contributed by atoms with Gasteiger partial charge in [0.2, 0.25) is 0 Å². The normalized spacial score (nSPS) is 10.3. The molecule has 0 heterocycles. The van der Waals surface area contributed by atoms with Crippen LogP contribution in [-0.4, -0.2) is 23.5 Å². The molecule has 0 atom stereocenters. The molecule has 2 rings (SSSR count). The van der Waals surface area contributed by atoms with Crippen LogP contribution in [0.3, 0.4) is 0 Å². The summed E-state index contributed by atoms with van der Waals surface area (Å²) in [5, 5.41) is 12.2. The molecule has 0 spiro atoms. The first-order valence-corrected chi connectivity index (χ1v) is 6.93. The van der Waals surface area contributed by atoms with Crippen molar-refractivity contribution in [1.29, 1.82) is 0 Å². The quantitative estimate of drug-likeness (QED) is 0.733. The SMILES string of the molecule is CCONC(=O)c1ccc(NC(=O)c2cc(F)cc(F)c2)cc1O. The number of phenolic OH excluding ortho intramolecular Hbond substituents is 1. The van der Waals surface area contributed by atoms with E-state index in [0.29, 0.717) is 6.07 Å². The number of aromatic hydroxyl groups is 1. The van der Waals surface area contributed by atoms with Crippen LogP contribution in [0.4, 0.5) is 14.5 Å². The number of hydroxylamine groups is 1. The molecule has 2 aromatic carbocycles. The third-order valence-corrected chi connectivity index (χ3v) is 2.93. The summed E-state index contributed by atoms with van der Waals surface area (Å²) >= 11 is 0. The van der Waals surface area contributed by atoms with Gasteiger partial charge in [-0.25, -0.2) is 14.3 Å². The molecule has 2 amide bonds.